The van der Waals surface area contributed by atoms with Gasteiger partial charge >= 0.3 is 49.4 Å². The maximum atomic E-state index is 14.2. The van der Waals surface area contributed by atoms with Crippen molar-refractivity contribution in [3.8, 4) is 0 Å². The largest absolute Gasteiger partial charge is 0.416 e. The number of carbonyl (C=O) groups excluding carboxylic acids is 1. The Morgan fingerprint density at radius 3 is 0.943 bits per heavy atom. The molecule has 0 amide bonds. The second-order valence-corrected chi connectivity index (χ2v) is 20.6. The number of unbranched alkanes of at least 4 members (excludes halogenated alkanes) is 8. The van der Waals surface area contributed by atoms with Crippen LogP contribution in [0.15, 0.2) is 140 Å². The first-order valence-corrected chi connectivity index (χ1v) is 26.4. The average Bonchev–Trinajstić information content (AvgIpc) is 0.877. The van der Waals surface area contributed by atoms with Crippen LogP contribution in [0.25, 0.3) is 10.9 Å². The van der Waals surface area contributed by atoms with Crippen molar-refractivity contribution in [2.45, 2.75) is 127 Å². The Labute approximate surface area is 480 Å². The minimum atomic E-state index is -6.13. The highest BCUT2D eigenvalue weighted by molar-refractivity contribution is 7.20. The van der Waals surface area contributed by atoms with Gasteiger partial charge < -0.3 is 0 Å². The number of alkyl halides is 24. The molecule has 7 rings (SSSR count). The number of halogens is 24. The van der Waals surface area contributed by atoms with Crippen LogP contribution in [-0.4, -0.2) is 11.9 Å². The number of para-hydroxylation sites is 1. The minimum Gasteiger partial charge on any atom is -0.287 e. The zero-order valence-corrected chi connectivity index (χ0v) is 45.1. The molecule has 0 fully saturated rings. The molecular formula is C60H48BF24NO. The van der Waals surface area contributed by atoms with Crippen molar-refractivity contribution in [3.63, 3.8) is 0 Å². The zero-order chi connectivity index (χ0) is 64.9. The summed E-state index contributed by atoms with van der Waals surface area (Å²) in [5.74, 6) is 0.264. The lowest BCUT2D eigenvalue weighted by Crippen LogP contribution is -2.75. The third-order valence-electron chi connectivity index (χ3n) is 14.4. The van der Waals surface area contributed by atoms with E-state index in [1.54, 1.807) is 0 Å². The molecule has 0 aliphatic heterocycles. The molecule has 1 heterocycles. The van der Waals surface area contributed by atoms with Crippen LogP contribution in [0.2, 0.25) is 0 Å². The number of pyridine rings is 1. The van der Waals surface area contributed by atoms with E-state index in [9.17, 15) is 110 Å². The molecular weight excluding hydrogens is 1220 g/mol. The highest BCUT2D eigenvalue weighted by Crippen LogP contribution is 2.42. The molecule has 0 bridgehead atoms. The summed E-state index contributed by atoms with van der Waals surface area (Å²) in [6, 6.07) is 14.0. The Balaban J connectivity index is 0.000000337. The summed E-state index contributed by atoms with van der Waals surface area (Å²) >= 11 is 0. The van der Waals surface area contributed by atoms with Gasteiger partial charge in [-0.25, -0.2) is 0 Å². The smallest absolute Gasteiger partial charge is 0.287 e. The molecule has 0 atom stereocenters. The van der Waals surface area contributed by atoms with E-state index in [0.29, 0.717) is 6.42 Å². The van der Waals surface area contributed by atoms with E-state index in [4.69, 9.17) is 0 Å². The number of nitrogens with zero attached hydrogens (tertiary/aromatic N) is 1. The lowest BCUT2D eigenvalue weighted by Gasteiger charge is -2.46. The molecule has 7 aromatic rings. The van der Waals surface area contributed by atoms with Gasteiger partial charge in [0.2, 0.25) is 17.0 Å². The van der Waals surface area contributed by atoms with Crippen LogP contribution in [0.4, 0.5) is 105 Å². The molecule has 0 aliphatic carbocycles. The maximum Gasteiger partial charge on any atom is 0.416 e. The van der Waals surface area contributed by atoms with Crippen LogP contribution in [0.5, 0.6) is 0 Å². The van der Waals surface area contributed by atoms with Gasteiger partial charge in [-0.05, 0) is 42.8 Å². The number of hydrogen-bond acceptors (Lipinski definition) is 1. The van der Waals surface area contributed by atoms with E-state index in [1.807, 2.05) is 12.1 Å². The third kappa shape index (κ3) is 17.3. The van der Waals surface area contributed by atoms with Gasteiger partial charge in [0.15, 0.2) is 6.54 Å². The number of hydrogen-bond donors (Lipinski definition) is 0. The second-order valence-electron chi connectivity index (χ2n) is 20.6. The summed E-state index contributed by atoms with van der Waals surface area (Å²) in [6.07, 6.45) is -42.7. The molecule has 0 saturated heterocycles. The summed E-state index contributed by atoms with van der Waals surface area (Å²) in [7, 11) is 0. The van der Waals surface area contributed by atoms with E-state index in [2.05, 4.69) is 66.1 Å². The van der Waals surface area contributed by atoms with Crippen molar-refractivity contribution in [2.75, 3.05) is 0 Å². The van der Waals surface area contributed by atoms with Crippen LogP contribution >= 0.6 is 0 Å². The molecule has 1 aromatic heterocycles. The quantitative estimate of drug-likeness (QED) is 0.0293. The van der Waals surface area contributed by atoms with Gasteiger partial charge in [0.25, 0.3) is 0 Å². The Morgan fingerprint density at radius 2 is 0.632 bits per heavy atom. The van der Waals surface area contributed by atoms with Crippen molar-refractivity contribution >= 4 is 44.7 Å². The van der Waals surface area contributed by atoms with Crippen LogP contribution in [0.1, 0.15) is 132 Å². The summed E-state index contributed by atoms with van der Waals surface area (Å²) in [6.45, 7) is 2.98. The Kier molecular flexibility index (Phi) is 20.8. The van der Waals surface area contributed by atoms with E-state index in [1.165, 1.54) is 55.9 Å². The summed E-state index contributed by atoms with van der Waals surface area (Å²) in [5.41, 5.74) is -27.0. The normalized spacial score (nSPS) is 13.2. The predicted molar refractivity (Wildman–Crippen MR) is 276 cm³/mol. The Bertz CT molecular complexity index is 3060. The maximum absolute atomic E-state index is 14.2. The fourth-order valence-electron chi connectivity index (χ4n) is 10.2. The molecule has 87 heavy (non-hydrogen) atoms. The van der Waals surface area contributed by atoms with Gasteiger partial charge in [0.05, 0.1) is 44.5 Å². The summed E-state index contributed by atoms with van der Waals surface area (Å²) in [4.78, 5) is 13.1. The zero-order valence-electron chi connectivity index (χ0n) is 45.1. The minimum absolute atomic E-state index is 0.264. The van der Waals surface area contributed by atoms with Gasteiger partial charge in [-0.2, -0.15) is 132 Å². The molecule has 0 saturated carbocycles. The predicted octanol–water partition coefficient (Wildman–Crippen LogP) is 18.5. The van der Waals surface area contributed by atoms with Crippen molar-refractivity contribution < 1.29 is 115 Å². The van der Waals surface area contributed by atoms with Crippen LogP contribution in [-0.2, 0) is 56.0 Å². The molecule has 0 aliphatic rings. The Morgan fingerprint density at radius 1 is 0.345 bits per heavy atom. The summed E-state index contributed by atoms with van der Waals surface area (Å²) < 4.78 is 343. The van der Waals surface area contributed by atoms with Crippen molar-refractivity contribution in [1.82, 2.24) is 0 Å². The van der Waals surface area contributed by atoms with E-state index in [-0.39, 0.29) is 5.78 Å². The lowest BCUT2D eigenvalue weighted by atomic mass is 9.12. The van der Waals surface area contributed by atoms with Gasteiger partial charge in [-0.15, -0.1) is 0 Å². The van der Waals surface area contributed by atoms with Crippen LogP contribution in [0.3, 0.4) is 0 Å². The first kappa shape index (κ1) is 68.9. The molecule has 470 valence electrons. The number of benzene rings is 6. The number of carbonyl (C=O) groups is 1. The molecule has 0 N–H and O–H groups in total. The fourth-order valence-corrected chi connectivity index (χ4v) is 10.2. The van der Waals surface area contributed by atoms with Gasteiger partial charge in [0, 0.05) is 29.5 Å². The topological polar surface area (TPSA) is 20.9 Å². The van der Waals surface area contributed by atoms with Gasteiger partial charge in [0.1, 0.15) is 6.15 Å². The third-order valence-corrected chi connectivity index (χ3v) is 14.4. The molecule has 27 heteroatoms. The van der Waals surface area contributed by atoms with Crippen LogP contribution in [0, 0.1) is 0 Å². The number of Topliss-reactive ketones (excluding diaryl/α,β-unsaturated/α-hetero) is 1. The number of ketones is 1. The van der Waals surface area contributed by atoms with E-state index < -0.39 is 195 Å². The first-order valence-electron chi connectivity index (χ1n) is 26.4. The van der Waals surface area contributed by atoms with Crippen molar-refractivity contribution in [1.29, 1.82) is 0 Å². The van der Waals surface area contributed by atoms with E-state index in [0.717, 1.165) is 30.6 Å². The molecule has 6 aromatic carbocycles. The molecule has 0 spiro atoms. The standard InChI is InChI=1S/C32H12BF24.C28H36NO/c34-25(35,36)13-1-14(26(37,38)39)6-21(5-13)33(22-7-15(27(40,41)42)2-16(8-22)28(43,44)45,23-9-17(29(46,47)48)3-18(10-23)30(49,50)51)24-11-19(31(52,53)54)4-20(12-24)32(55,56)57;1-2-3-4-5-6-7-8-9-13-20-28(30)27-22-21-25-18-14-15-19-26(25)29(27)23-24-16-11-10-12-17-24/h1-12H;10-12,14-19,21-22H,2-9,13,20,23H2,1H3/q-1;+1. The number of rotatable bonds is 17. The molecule has 0 radical (unpaired) electrons. The van der Waals surface area contributed by atoms with Crippen LogP contribution < -0.4 is 26.4 Å². The lowest BCUT2D eigenvalue weighted by molar-refractivity contribution is -0.664. The van der Waals surface area contributed by atoms with E-state index >= 15 is 0 Å². The Hall–Kier alpha value is -7.22. The van der Waals surface area contributed by atoms with Gasteiger partial charge in [-0.3, -0.25) is 4.79 Å². The fraction of sp³-hybridized carbons (Fsp3) is 0.333. The highest BCUT2D eigenvalue weighted by Gasteiger charge is 2.47. The highest BCUT2D eigenvalue weighted by atomic mass is 19.4. The van der Waals surface area contributed by atoms with Gasteiger partial charge in [-0.1, -0.05) is 149 Å². The average molecular weight is 1270 g/mol. The summed E-state index contributed by atoms with van der Waals surface area (Å²) in [5, 5.41) is 1.17. The van der Waals surface area contributed by atoms with Crippen molar-refractivity contribution in [2.24, 2.45) is 0 Å². The SMILES string of the molecule is CCCCCCCCCCCC(=O)c1ccc2ccccc2[n+]1Cc1ccccc1.FC(F)(F)c1cc([B-](c2cc(C(F)(F)F)cc(C(F)(F)F)c2)(c2cc(C(F)(F)F)cc(C(F)(F)F)c2)c2cc(C(F)(F)F)cc(C(F)(F)F)c2)cc(C(F)(F)F)c1. The number of aromatic nitrogens is 1. The number of fused-ring (bicyclic) bond motifs is 1. The first-order chi connectivity index (χ1) is 40.1. The monoisotopic (exact) mass is 1270 g/mol. The van der Waals surface area contributed by atoms with Crippen molar-refractivity contribution in [3.05, 3.63) is 195 Å². The second kappa shape index (κ2) is 26.2. The molecule has 2 nitrogen and oxygen atoms in total. The molecule has 0 unspecified atom stereocenters.